The maximum atomic E-state index is 12.7. The summed E-state index contributed by atoms with van der Waals surface area (Å²) in [6.45, 7) is 18.4. The first-order chi connectivity index (χ1) is 20.5. The van der Waals surface area contributed by atoms with Crippen LogP contribution in [-0.4, -0.2) is 37.9 Å². The van der Waals surface area contributed by atoms with Crippen molar-refractivity contribution in [1.82, 2.24) is 0 Å². The Morgan fingerprint density at radius 2 is 1.57 bits per heavy atom. The van der Waals surface area contributed by atoms with Gasteiger partial charge in [0.2, 0.25) is 0 Å². The molecule has 6 heteroatoms. The Morgan fingerprint density at radius 1 is 0.886 bits per heavy atom. The van der Waals surface area contributed by atoms with Crippen LogP contribution in [0, 0.1) is 59.2 Å². The first-order valence-electron chi connectivity index (χ1n) is 17.8. The summed E-state index contributed by atoms with van der Waals surface area (Å²) in [5.74, 6) is 5.22. The van der Waals surface area contributed by atoms with E-state index >= 15 is 0 Å². The predicted octanol–water partition coefficient (Wildman–Crippen LogP) is 8.96. The summed E-state index contributed by atoms with van der Waals surface area (Å²) in [7, 11) is -3.84. The number of aryl methyl sites for hydroxylation is 1. The zero-order valence-corrected chi connectivity index (χ0v) is 29.8. The molecule has 0 bridgehead atoms. The van der Waals surface area contributed by atoms with E-state index in [1.54, 1.807) is 24.3 Å². The maximum absolute atomic E-state index is 12.7. The zero-order chi connectivity index (χ0) is 32.1. The number of hydrogen-bond donors (Lipinski definition) is 1. The average Bonchev–Trinajstić information content (AvgIpc) is 3.29. The van der Waals surface area contributed by atoms with Crippen molar-refractivity contribution in [3.05, 3.63) is 29.8 Å². The van der Waals surface area contributed by atoms with Crippen LogP contribution in [0.4, 0.5) is 0 Å². The van der Waals surface area contributed by atoms with Crippen LogP contribution in [0.1, 0.15) is 125 Å². The van der Waals surface area contributed by atoms with Gasteiger partial charge in [-0.25, -0.2) is 0 Å². The third-order valence-corrected chi connectivity index (χ3v) is 15.1. The first kappa shape index (κ1) is 34.4. The van der Waals surface area contributed by atoms with Gasteiger partial charge in [0.15, 0.2) is 0 Å². The molecule has 0 saturated heterocycles. The van der Waals surface area contributed by atoms with E-state index in [1.807, 2.05) is 20.8 Å². The van der Waals surface area contributed by atoms with Crippen molar-refractivity contribution in [3.8, 4) is 0 Å². The molecular weight excluding hydrogens is 568 g/mol. The second-order valence-electron chi connectivity index (χ2n) is 17.0. The lowest BCUT2D eigenvalue weighted by Gasteiger charge is -2.65. The van der Waals surface area contributed by atoms with E-state index in [1.165, 1.54) is 57.8 Å². The topological polar surface area (TPSA) is 72.8 Å². The lowest BCUT2D eigenvalue weighted by molar-refractivity contribution is -0.250. The number of hydrogen-bond acceptors (Lipinski definition) is 5. The van der Waals surface area contributed by atoms with Crippen LogP contribution >= 0.6 is 0 Å². The molecule has 1 N–H and O–H groups in total. The van der Waals surface area contributed by atoms with Crippen LogP contribution in [0.5, 0.6) is 0 Å². The minimum Gasteiger partial charge on any atom is -0.387 e. The van der Waals surface area contributed by atoms with Gasteiger partial charge >= 0.3 is 0 Å². The second kappa shape index (κ2) is 12.6. The number of aliphatic hydroxyl groups is 1. The van der Waals surface area contributed by atoms with Gasteiger partial charge in [0.25, 0.3) is 10.1 Å². The molecule has 5 rings (SSSR count). The molecule has 250 valence electrons. The summed E-state index contributed by atoms with van der Waals surface area (Å²) < 4.78 is 37.1. The van der Waals surface area contributed by atoms with E-state index in [9.17, 15) is 13.5 Å². The van der Waals surface area contributed by atoms with Gasteiger partial charge < -0.3 is 9.84 Å². The van der Waals surface area contributed by atoms with Crippen LogP contribution in [-0.2, 0) is 19.0 Å². The molecule has 1 aromatic carbocycles. The van der Waals surface area contributed by atoms with Gasteiger partial charge in [-0.1, -0.05) is 71.6 Å². The van der Waals surface area contributed by atoms with Crippen LogP contribution in [0.15, 0.2) is 29.2 Å². The minimum atomic E-state index is -3.84. The summed E-state index contributed by atoms with van der Waals surface area (Å²) in [5, 5.41) is 12.0. The van der Waals surface area contributed by atoms with Crippen LogP contribution in [0.25, 0.3) is 0 Å². The molecule has 0 heterocycles. The molecule has 0 aromatic heterocycles. The molecule has 4 saturated carbocycles. The molecule has 0 amide bonds. The Balaban J connectivity index is 1.22. The molecule has 1 aromatic rings. The van der Waals surface area contributed by atoms with Crippen molar-refractivity contribution < 1.29 is 22.4 Å². The molecular formula is C38H62O5S. The first-order valence-corrected chi connectivity index (χ1v) is 19.3. The highest BCUT2D eigenvalue weighted by Crippen LogP contribution is 2.70. The summed E-state index contributed by atoms with van der Waals surface area (Å²) in [4.78, 5) is 0.157. The summed E-state index contributed by atoms with van der Waals surface area (Å²) in [6, 6.07) is 6.69. The highest BCUT2D eigenvalue weighted by molar-refractivity contribution is 7.86. The lowest BCUT2D eigenvalue weighted by Crippen LogP contribution is -2.65. The molecule has 5 nitrogen and oxygen atoms in total. The fraction of sp³-hybridized carbons (Fsp3) is 0.842. The van der Waals surface area contributed by atoms with E-state index in [0.717, 1.165) is 48.0 Å². The second-order valence-corrected chi connectivity index (χ2v) is 18.6. The normalized spacial score (nSPS) is 41.2. The van der Waals surface area contributed by atoms with Crippen molar-refractivity contribution in [2.24, 2.45) is 52.3 Å². The molecule has 4 aliphatic carbocycles. The SMILES string of the molecule is Cc1ccc(S(=O)(=O)OCCO[C@@]2(C)C[C@@H]3CC[C@@H]4[C@H](CC[C@]5(C)[C@@H]([C@H](C)CCCC(C)C)CC[C@@H]45)[C@@]3(C)C[C@@]2(C)O)cc1. The lowest BCUT2D eigenvalue weighted by atomic mass is 9.42. The van der Waals surface area contributed by atoms with Gasteiger partial charge in [-0.2, -0.15) is 8.42 Å². The van der Waals surface area contributed by atoms with E-state index < -0.39 is 21.3 Å². The zero-order valence-electron chi connectivity index (χ0n) is 29.0. The van der Waals surface area contributed by atoms with E-state index in [0.29, 0.717) is 17.3 Å². The molecule has 4 fully saturated rings. The highest BCUT2D eigenvalue weighted by Gasteiger charge is 2.65. The highest BCUT2D eigenvalue weighted by atomic mass is 32.2. The maximum Gasteiger partial charge on any atom is 0.297 e. The summed E-state index contributed by atoms with van der Waals surface area (Å²) in [6.07, 6.45) is 13.6. The largest absolute Gasteiger partial charge is 0.387 e. The molecule has 0 spiro atoms. The van der Waals surface area contributed by atoms with Gasteiger partial charge in [-0.3, -0.25) is 4.18 Å². The van der Waals surface area contributed by atoms with E-state index in [-0.39, 0.29) is 23.5 Å². The molecule has 0 aliphatic heterocycles. The monoisotopic (exact) mass is 630 g/mol. The predicted molar refractivity (Wildman–Crippen MR) is 178 cm³/mol. The standard InChI is InChI=1S/C38H62O5S/c1-26(2)10-9-11-28(4)32-18-19-33-31-17-14-29-24-38(8,37(7,39)25-36(29,6)34(31)20-21-35(32,33)5)42-22-23-43-44(40,41)30-15-12-27(3)13-16-30/h12-13,15-16,26,28-29,31-34,39H,9-11,14,17-25H2,1-8H3/t28-,29+,31+,32-,33+,34+,35-,36+,37-,38+/m1/s1. The Hall–Kier alpha value is -0.950. The van der Waals surface area contributed by atoms with Crippen molar-refractivity contribution in [3.63, 3.8) is 0 Å². The molecule has 0 radical (unpaired) electrons. The third kappa shape index (κ3) is 6.32. The smallest absolute Gasteiger partial charge is 0.297 e. The van der Waals surface area contributed by atoms with Crippen LogP contribution < -0.4 is 0 Å². The fourth-order valence-corrected chi connectivity index (χ4v) is 12.1. The Kier molecular flexibility index (Phi) is 9.83. The van der Waals surface area contributed by atoms with Gasteiger partial charge in [-0.05, 0) is 137 Å². The van der Waals surface area contributed by atoms with E-state index in [2.05, 4.69) is 34.6 Å². The molecule has 0 unspecified atom stereocenters. The minimum absolute atomic E-state index is 0.0637. The van der Waals surface area contributed by atoms with Crippen molar-refractivity contribution >= 4 is 10.1 Å². The van der Waals surface area contributed by atoms with Crippen molar-refractivity contribution in [1.29, 1.82) is 0 Å². The summed E-state index contributed by atoms with van der Waals surface area (Å²) in [5.41, 5.74) is -0.177. The van der Waals surface area contributed by atoms with Gasteiger partial charge in [0.1, 0.15) is 0 Å². The van der Waals surface area contributed by atoms with Crippen LogP contribution in [0.2, 0.25) is 0 Å². The third-order valence-electron chi connectivity index (χ3n) is 13.8. The van der Waals surface area contributed by atoms with Gasteiger partial charge in [0.05, 0.1) is 29.3 Å². The number of ether oxygens (including phenoxy) is 1. The summed E-state index contributed by atoms with van der Waals surface area (Å²) >= 11 is 0. The Bertz CT molecular complexity index is 1240. The molecule has 4 aliphatic rings. The fourth-order valence-electron chi connectivity index (χ4n) is 11.2. The van der Waals surface area contributed by atoms with Crippen LogP contribution in [0.3, 0.4) is 0 Å². The van der Waals surface area contributed by atoms with Gasteiger partial charge in [-0.15, -0.1) is 0 Å². The Morgan fingerprint density at radius 3 is 2.25 bits per heavy atom. The number of rotatable bonds is 11. The number of fused-ring (bicyclic) bond motifs is 5. The van der Waals surface area contributed by atoms with Crippen molar-refractivity contribution in [2.45, 2.75) is 142 Å². The molecule has 44 heavy (non-hydrogen) atoms. The quantitative estimate of drug-likeness (QED) is 0.195. The average molecular weight is 631 g/mol. The van der Waals surface area contributed by atoms with E-state index in [4.69, 9.17) is 8.92 Å². The van der Waals surface area contributed by atoms with Crippen molar-refractivity contribution in [2.75, 3.05) is 13.2 Å². The number of benzene rings is 1. The Labute approximate surface area is 269 Å². The molecule has 10 atom stereocenters. The van der Waals surface area contributed by atoms with Gasteiger partial charge in [0, 0.05) is 0 Å².